The molecule has 0 heterocycles. The van der Waals surface area contributed by atoms with E-state index >= 15 is 0 Å². The van der Waals surface area contributed by atoms with Crippen molar-refractivity contribution in [1.82, 2.24) is 0 Å². The second-order valence-corrected chi connectivity index (χ2v) is 5.11. The lowest BCUT2D eigenvalue weighted by molar-refractivity contribution is -0.757. The Morgan fingerprint density at radius 2 is 1.81 bits per heavy atom. The monoisotopic (exact) mass is 231 g/mol. The van der Waals surface area contributed by atoms with Gasteiger partial charge in [-0.25, -0.2) is 0 Å². The first kappa shape index (κ1) is 14.9. The number of carbonyl (C=O) groups excluding carboxylic acids is 1. The highest BCUT2D eigenvalue weighted by Crippen LogP contribution is 2.21. The minimum absolute atomic E-state index is 0.0119. The first-order valence-electron chi connectivity index (χ1n) is 5.60. The second-order valence-electron chi connectivity index (χ2n) is 5.11. The number of nitrogens with zero attached hydrogens (tertiary/aromatic N) is 1. The molecule has 0 rings (SSSR count). The summed E-state index contributed by atoms with van der Waals surface area (Å²) < 4.78 is 0. The predicted octanol–water partition coefficient (Wildman–Crippen LogP) is 2.76. The lowest BCUT2D eigenvalue weighted by Crippen LogP contribution is -2.08. The fourth-order valence-corrected chi connectivity index (χ4v) is 1.35. The zero-order chi connectivity index (χ0) is 12.6. The lowest BCUT2D eigenvalue weighted by atomic mass is 9.89. The Morgan fingerprint density at radius 1 is 1.25 bits per heavy atom. The van der Waals surface area contributed by atoms with Gasteiger partial charge in [-0.3, -0.25) is 4.79 Å². The van der Waals surface area contributed by atoms with Crippen molar-refractivity contribution in [2.75, 3.05) is 6.61 Å². The quantitative estimate of drug-likeness (QED) is 0.366. The maximum Gasteiger partial charge on any atom is 0.294 e. The Kier molecular flexibility index (Phi) is 6.69. The molecule has 5 heteroatoms. The van der Waals surface area contributed by atoms with E-state index in [4.69, 9.17) is 0 Å². The van der Waals surface area contributed by atoms with Crippen molar-refractivity contribution < 1.29 is 14.7 Å². The normalized spacial score (nSPS) is 11.2. The van der Waals surface area contributed by atoms with E-state index in [1.165, 1.54) is 0 Å². The van der Waals surface area contributed by atoms with Gasteiger partial charge in [0, 0.05) is 12.8 Å². The Morgan fingerprint density at radius 3 is 2.31 bits per heavy atom. The van der Waals surface area contributed by atoms with Crippen LogP contribution in [0, 0.1) is 15.5 Å². The maximum absolute atomic E-state index is 11.3. The van der Waals surface area contributed by atoms with Crippen molar-refractivity contribution in [3.8, 4) is 0 Å². The summed E-state index contributed by atoms with van der Waals surface area (Å²) in [6, 6.07) is 0. The minimum Gasteiger partial charge on any atom is -0.314 e. The molecule has 5 nitrogen and oxygen atoms in total. The van der Waals surface area contributed by atoms with E-state index in [-0.39, 0.29) is 17.8 Å². The average molecular weight is 231 g/mol. The molecule has 0 N–H and O–H groups in total. The molecule has 0 radical (unpaired) electrons. The van der Waals surface area contributed by atoms with Gasteiger partial charge in [0.1, 0.15) is 5.78 Å². The van der Waals surface area contributed by atoms with Crippen molar-refractivity contribution in [3.05, 3.63) is 10.1 Å². The van der Waals surface area contributed by atoms with Crippen LogP contribution >= 0.6 is 0 Å². The van der Waals surface area contributed by atoms with Crippen molar-refractivity contribution in [3.63, 3.8) is 0 Å². The maximum atomic E-state index is 11.3. The molecule has 0 aliphatic carbocycles. The number of hydrogen-bond donors (Lipinski definition) is 0. The Balaban J connectivity index is 3.42. The van der Waals surface area contributed by atoms with E-state index in [1.54, 1.807) is 0 Å². The number of carbonyl (C=O) groups is 1. The van der Waals surface area contributed by atoms with Gasteiger partial charge in [0.2, 0.25) is 0 Å². The molecule has 0 atom stereocenters. The molecular weight excluding hydrogens is 210 g/mol. The van der Waals surface area contributed by atoms with Gasteiger partial charge < -0.3 is 4.84 Å². The van der Waals surface area contributed by atoms with Crippen molar-refractivity contribution in [2.24, 2.45) is 5.41 Å². The predicted molar refractivity (Wildman–Crippen MR) is 60.5 cm³/mol. The highest BCUT2D eigenvalue weighted by atomic mass is 16.9. The highest BCUT2D eigenvalue weighted by Gasteiger charge is 2.11. The van der Waals surface area contributed by atoms with Gasteiger partial charge in [-0.05, 0) is 24.7 Å². The fourth-order valence-electron chi connectivity index (χ4n) is 1.35. The van der Waals surface area contributed by atoms with E-state index in [0.717, 1.165) is 12.8 Å². The van der Waals surface area contributed by atoms with Crippen LogP contribution < -0.4 is 0 Å². The molecule has 0 fully saturated rings. The van der Waals surface area contributed by atoms with Crippen LogP contribution in [0.15, 0.2) is 0 Å². The third kappa shape index (κ3) is 10.9. The van der Waals surface area contributed by atoms with Gasteiger partial charge >= 0.3 is 0 Å². The zero-order valence-electron chi connectivity index (χ0n) is 10.3. The molecule has 0 aliphatic rings. The molecule has 0 amide bonds. The molecule has 0 aromatic rings. The molecule has 0 spiro atoms. The van der Waals surface area contributed by atoms with Crippen LogP contribution in [-0.2, 0) is 9.63 Å². The summed E-state index contributed by atoms with van der Waals surface area (Å²) in [7, 11) is 0. The fraction of sp³-hybridized carbons (Fsp3) is 0.909. The third-order valence-electron chi connectivity index (χ3n) is 2.18. The number of ketones is 1. The van der Waals surface area contributed by atoms with E-state index in [1.807, 2.05) is 0 Å². The molecule has 0 aromatic heterocycles. The zero-order valence-corrected chi connectivity index (χ0v) is 10.3. The lowest BCUT2D eigenvalue weighted by Gasteiger charge is -2.17. The first-order chi connectivity index (χ1) is 7.31. The summed E-state index contributed by atoms with van der Waals surface area (Å²) in [6.07, 6.45) is 3.27. The van der Waals surface area contributed by atoms with E-state index in [2.05, 4.69) is 25.6 Å². The first-order valence-corrected chi connectivity index (χ1v) is 5.60. The van der Waals surface area contributed by atoms with Crippen LogP contribution in [0.1, 0.15) is 52.9 Å². The Hall–Kier alpha value is -1.13. The van der Waals surface area contributed by atoms with Gasteiger partial charge in [0.05, 0.1) is 6.61 Å². The van der Waals surface area contributed by atoms with Gasteiger partial charge in [-0.2, -0.15) is 0 Å². The summed E-state index contributed by atoms with van der Waals surface area (Å²) in [6.45, 7) is 6.44. The standard InChI is InChI=1S/C11H21NO4/c1-11(2,3)8-4-6-10(13)7-5-9-16-12(14)15/h4-9H2,1-3H3. The molecular formula is C11H21NO4. The number of hydrogen-bond acceptors (Lipinski definition) is 4. The van der Waals surface area contributed by atoms with Crippen LogP contribution in [0.5, 0.6) is 0 Å². The van der Waals surface area contributed by atoms with E-state index < -0.39 is 5.09 Å². The van der Waals surface area contributed by atoms with Crippen LogP contribution in [0.4, 0.5) is 0 Å². The van der Waals surface area contributed by atoms with Gasteiger partial charge in [0.25, 0.3) is 5.09 Å². The van der Waals surface area contributed by atoms with Crippen molar-refractivity contribution >= 4 is 5.78 Å². The number of Topliss-reactive ketones (excluding diaryl/α,β-unsaturated/α-hetero) is 1. The summed E-state index contributed by atoms with van der Waals surface area (Å²) in [5, 5.41) is 9.00. The molecule has 0 aliphatic heterocycles. The van der Waals surface area contributed by atoms with Gasteiger partial charge in [0.15, 0.2) is 0 Å². The van der Waals surface area contributed by atoms with Crippen molar-refractivity contribution in [2.45, 2.75) is 52.9 Å². The second kappa shape index (κ2) is 7.19. The smallest absolute Gasteiger partial charge is 0.294 e. The summed E-state index contributed by atoms with van der Waals surface area (Å²) in [5.74, 6) is 0.163. The summed E-state index contributed by atoms with van der Waals surface area (Å²) >= 11 is 0. The van der Waals surface area contributed by atoms with E-state index in [9.17, 15) is 14.9 Å². The van der Waals surface area contributed by atoms with Crippen LogP contribution in [0.2, 0.25) is 0 Å². The molecule has 0 bridgehead atoms. The average Bonchev–Trinajstić information content (AvgIpc) is 2.10. The summed E-state index contributed by atoms with van der Waals surface area (Å²) in [5.41, 5.74) is 0.259. The largest absolute Gasteiger partial charge is 0.314 e. The molecule has 0 aromatic carbocycles. The Labute approximate surface area is 96.3 Å². The van der Waals surface area contributed by atoms with Crippen LogP contribution in [0.25, 0.3) is 0 Å². The topological polar surface area (TPSA) is 69.4 Å². The number of rotatable bonds is 8. The molecule has 16 heavy (non-hydrogen) atoms. The van der Waals surface area contributed by atoms with Crippen LogP contribution in [-0.4, -0.2) is 17.5 Å². The molecule has 0 unspecified atom stereocenters. The Bertz CT molecular complexity index is 233. The minimum atomic E-state index is -0.829. The van der Waals surface area contributed by atoms with Crippen LogP contribution in [0.3, 0.4) is 0 Å². The molecule has 94 valence electrons. The molecule has 0 saturated carbocycles. The summed E-state index contributed by atoms with van der Waals surface area (Å²) in [4.78, 5) is 25.3. The highest BCUT2D eigenvalue weighted by molar-refractivity contribution is 5.78. The van der Waals surface area contributed by atoms with Gasteiger partial charge in [-0.1, -0.05) is 20.8 Å². The van der Waals surface area contributed by atoms with Crippen molar-refractivity contribution in [1.29, 1.82) is 0 Å². The third-order valence-corrected chi connectivity index (χ3v) is 2.18. The van der Waals surface area contributed by atoms with Gasteiger partial charge in [-0.15, -0.1) is 10.1 Å². The van der Waals surface area contributed by atoms with E-state index in [0.29, 0.717) is 19.3 Å². The SMILES string of the molecule is CC(C)(C)CCCC(=O)CCCO[N+](=O)[O-]. The molecule has 0 saturated heterocycles.